The number of benzene rings is 9. The highest BCUT2D eigenvalue weighted by Gasteiger charge is 2.22. The molecule has 11 rings (SSSR count). The molecule has 0 radical (unpaired) electrons. The lowest BCUT2D eigenvalue weighted by Crippen LogP contribution is -2.03. The molecule has 0 atom stereocenters. The van der Waals surface area contributed by atoms with Crippen LogP contribution in [0.2, 0.25) is 0 Å². The molecule has 0 fully saturated rings. The first kappa shape index (κ1) is 28.0. The Morgan fingerprint density at radius 2 is 0.980 bits per heavy atom. The highest BCUT2D eigenvalue weighted by atomic mass is 15.1. The van der Waals surface area contributed by atoms with E-state index in [1.54, 1.807) is 0 Å². The van der Waals surface area contributed by atoms with Crippen LogP contribution in [0.4, 0.5) is 0 Å². The highest BCUT2D eigenvalue weighted by molar-refractivity contribution is 6.36. The molecule has 0 aliphatic carbocycles. The van der Waals surface area contributed by atoms with Crippen LogP contribution < -0.4 is 0 Å². The van der Waals surface area contributed by atoms with Crippen LogP contribution in [0, 0.1) is 0 Å². The lowest BCUT2D eigenvalue weighted by molar-refractivity contribution is 1.05. The molecule has 0 aliphatic rings. The number of fused-ring (bicyclic) bond motifs is 13. The summed E-state index contributed by atoms with van der Waals surface area (Å²) in [6.45, 7) is 0. The topological polar surface area (TPSA) is 30.7 Å². The molecule has 3 nitrogen and oxygen atoms in total. The minimum absolute atomic E-state index is 0.704. The second-order valence-electron chi connectivity index (χ2n) is 13.3. The quantitative estimate of drug-likeness (QED) is 0.179. The Kier molecular flexibility index (Phi) is 5.96. The number of hydrogen-bond acceptors (Lipinski definition) is 2. The van der Waals surface area contributed by atoms with Gasteiger partial charge in [-0.3, -0.25) is 4.57 Å². The minimum atomic E-state index is 0.704. The van der Waals surface area contributed by atoms with Gasteiger partial charge in [-0.05, 0) is 55.2 Å². The van der Waals surface area contributed by atoms with E-state index in [0.717, 1.165) is 39.1 Å². The first-order valence-corrected chi connectivity index (χ1v) is 17.4. The smallest absolute Gasteiger partial charge is 0.162 e. The highest BCUT2D eigenvalue weighted by Crippen LogP contribution is 2.45. The Labute approximate surface area is 293 Å². The van der Waals surface area contributed by atoms with Gasteiger partial charge >= 0.3 is 0 Å². The third-order valence-corrected chi connectivity index (χ3v) is 10.5. The van der Waals surface area contributed by atoms with Crippen LogP contribution in [-0.4, -0.2) is 14.5 Å². The molecule has 0 N–H and O–H groups in total. The molecule has 9 aromatic carbocycles. The monoisotopic (exact) mass is 647 g/mol. The fourth-order valence-corrected chi connectivity index (χ4v) is 8.34. The SMILES string of the molecule is c1ccc(-c2cc(-n3c4ccccc4c4c5c6ccccc6ccc5c5ccccc5c43)nc(-c3cc4ccccc4c4ccccc34)n2)cc1. The first-order chi connectivity index (χ1) is 25.3. The standard InChI is InChI=1S/C48H29N3/c1-2-15-31(16-3-1)42-29-44(50-48(49-42)41-28-32-17-5-6-18-33(32)35-20-8-9-21-36(35)41)51-43-25-13-12-24-40(43)46-45-34-19-7-4-14-30(34)26-27-38(45)37-22-10-11-23-39(37)47(46)51/h1-29H. The number of nitrogens with zero attached hydrogens (tertiary/aromatic N) is 3. The van der Waals surface area contributed by atoms with Gasteiger partial charge in [0.15, 0.2) is 5.82 Å². The number of rotatable bonds is 3. The van der Waals surface area contributed by atoms with Gasteiger partial charge in [-0.15, -0.1) is 0 Å². The first-order valence-electron chi connectivity index (χ1n) is 17.4. The van der Waals surface area contributed by atoms with Gasteiger partial charge in [0, 0.05) is 38.7 Å². The predicted molar refractivity (Wildman–Crippen MR) is 215 cm³/mol. The Bertz CT molecular complexity index is 3190. The molecule has 236 valence electrons. The van der Waals surface area contributed by atoms with E-state index in [1.807, 2.05) is 0 Å². The van der Waals surface area contributed by atoms with Gasteiger partial charge in [0.25, 0.3) is 0 Å². The van der Waals surface area contributed by atoms with E-state index in [-0.39, 0.29) is 0 Å². The van der Waals surface area contributed by atoms with Crippen LogP contribution in [0.3, 0.4) is 0 Å². The van der Waals surface area contributed by atoms with Crippen molar-refractivity contribution in [2.24, 2.45) is 0 Å². The Morgan fingerprint density at radius 3 is 1.78 bits per heavy atom. The van der Waals surface area contributed by atoms with Crippen molar-refractivity contribution in [2.45, 2.75) is 0 Å². The van der Waals surface area contributed by atoms with Gasteiger partial charge in [0.05, 0.1) is 16.7 Å². The lowest BCUT2D eigenvalue weighted by Gasteiger charge is -2.16. The molecule has 0 bridgehead atoms. The number of para-hydroxylation sites is 1. The zero-order valence-electron chi connectivity index (χ0n) is 27.6. The van der Waals surface area contributed by atoms with Gasteiger partial charge in [-0.2, -0.15) is 0 Å². The van der Waals surface area contributed by atoms with Crippen LogP contribution in [-0.2, 0) is 0 Å². The summed E-state index contributed by atoms with van der Waals surface area (Å²) in [7, 11) is 0. The van der Waals surface area contributed by atoms with Crippen LogP contribution in [0.25, 0.3) is 104 Å². The molecular formula is C48H29N3. The summed E-state index contributed by atoms with van der Waals surface area (Å²) in [6.07, 6.45) is 0. The maximum absolute atomic E-state index is 5.53. The number of aromatic nitrogens is 3. The zero-order chi connectivity index (χ0) is 33.5. The van der Waals surface area contributed by atoms with E-state index in [0.29, 0.717) is 5.82 Å². The molecule has 3 heteroatoms. The van der Waals surface area contributed by atoms with Crippen LogP contribution in [0.1, 0.15) is 0 Å². The summed E-state index contributed by atoms with van der Waals surface area (Å²) in [4.78, 5) is 10.9. The molecule has 51 heavy (non-hydrogen) atoms. The third-order valence-electron chi connectivity index (χ3n) is 10.5. The maximum atomic E-state index is 5.53. The molecule has 2 aromatic heterocycles. The van der Waals surface area contributed by atoms with E-state index in [2.05, 4.69) is 180 Å². The summed E-state index contributed by atoms with van der Waals surface area (Å²) >= 11 is 0. The van der Waals surface area contributed by atoms with Crippen molar-refractivity contribution < 1.29 is 0 Å². The molecule has 0 saturated heterocycles. The van der Waals surface area contributed by atoms with Crippen molar-refractivity contribution in [1.82, 2.24) is 14.5 Å². The lowest BCUT2D eigenvalue weighted by atomic mass is 9.93. The van der Waals surface area contributed by atoms with Crippen LogP contribution >= 0.6 is 0 Å². The molecule has 0 aliphatic heterocycles. The Hall–Kier alpha value is -6.84. The van der Waals surface area contributed by atoms with Crippen molar-refractivity contribution in [3.05, 3.63) is 176 Å². The molecule has 2 heterocycles. The molecular weight excluding hydrogens is 619 g/mol. The summed E-state index contributed by atoms with van der Waals surface area (Å²) in [5.74, 6) is 1.54. The fraction of sp³-hybridized carbons (Fsp3) is 0. The second-order valence-corrected chi connectivity index (χ2v) is 13.3. The molecule has 0 saturated carbocycles. The Morgan fingerprint density at radius 1 is 0.373 bits per heavy atom. The van der Waals surface area contributed by atoms with Gasteiger partial charge in [0.2, 0.25) is 0 Å². The van der Waals surface area contributed by atoms with Crippen molar-refractivity contribution in [2.75, 3.05) is 0 Å². The van der Waals surface area contributed by atoms with Gasteiger partial charge in [0.1, 0.15) is 5.82 Å². The van der Waals surface area contributed by atoms with E-state index in [4.69, 9.17) is 9.97 Å². The minimum Gasteiger partial charge on any atom is -0.293 e. The van der Waals surface area contributed by atoms with E-state index < -0.39 is 0 Å². The zero-order valence-corrected chi connectivity index (χ0v) is 27.6. The predicted octanol–water partition coefficient (Wildman–Crippen LogP) is 12.7. The summed E-state index contributed by atoms with van der Waals surface area (Å²) in [6, 6.07) is 63.0. The van der Waals surface area contributed by atoms with Crippen LogP contribution in [0.5, 0.6) is 0 Å². The second kappa shape index (κ2) is 10.8. The normalized spacial score (nSPS) is 11.9. The van der Waals surface area contributed by atoms with E-state index in [9.17, 15) is 0 Å². The Balaban J connectivity index is 1.33. The van der Waals surface area contributed by atoms with Crippen molar-refractivity contribution in [3.8, 4) is 28.5 Å². The average Bonchev–Trinajstić information content (AvgIpc) is 3.56. The van der Waals surface area contributed by atoms with Crippen molar-refractivity contribution >= 4 is 75.7 Å². The maximum Gasteiger partial charge on any atom is 0.162 e. The van der Waals surface area contributed by atoms with Gasteiger partial charge in [-0.25, -0.2) is 9.97 Å². The van der Waals surface area contributed by atoms with E-state index >= 15 is 0 Å². The third kappa shape index (κ3) is 4.12. The summed E-state index contributed by atoms with van der Waals surface area (Å²) < 4.78 is 2.38. The fourth-order valence-electron chi connectivity index (χ4n) is 8.34. The molecule has 0 spiro atoms. The molecule has 0 unspecified atom stereocenters. The summed E-state index contributed by atoms with van der Waals surface area (Å²) in [5.41, 5.74) is 5.22. The van der Waals surface area contributed by atoms with Gasteiger partial charge < -0.3 is 0 Å². The van der Waals surface area contributed by atoms with Crippen molar-refractivity contribution in [1.29, 1.82) is 0 Å². The molecule has 0 amide bonds. The molecule has 11 aromatic rings. The van der Waals surface area contributed by atoms with Crippen LogP contribution in [0.15, 0.2) is 176 Å². The summed E-state index contributed by atoms with van der Waals surface area (Å²) in [5, 5.41) is 14.6. The number of hydrogen-bond donors (Lipinski definition) is 0. The van der Waals surface area contributed by atoms with Crippen molar-refractivity contribution in [3.63, 3.8) is 0 Å². The van der Waals surface area contributed by atoms with Gasteiger partial charge in [-0.1, -0.05) is 158 Å². The van der Waals surface area contributed by atoms with E-state index in [1.165, 1.54) is 59.2 Å². The average molecular weight is 648 g/mol. The largest absolute Gasteiger partial charge is 0.293 e.